The Morgan fingerprint density at radius 1 is 0.524 bits per heavy atom. The van der Waals surface area contributed by atoms with Crippen molar-refractivity contribution in [1.29, 1.82) is 0 Å². The standard InChI is InChI=1S/C28H32N6.4C2H6/c1-33-15-3-5-25(33)27-29-17-23(31-27)21-11-7-19(8-12-21)20-9-13-22(14-10-20)24-18-30-28(32-24)26-6-4-16-34(26)2;4*1-2/h7-14,17-18,25-26H,3-6,15-16H2,1-2H3,(H,29,31)(H,30,32);4*1-2H3. The maximum absolute atomic E-state index is 4.67. The van der Waals surface area contributed by atoms with Gasteiger partial charge in [0.1, 0.15) is 11.6 Å². The van der Waals surface area contributed by atoms with E-state index in [1.165, 1.54) is 47.9 Å². The first-order chi connectivity index (χ1) is 20.7. The number of hydrogen-bond donors (Lipinski definition) is 2. The fraction of sp³-hybridized carbons (Fsp3) is 0.500. The van der Waals surface area contributed by atoms with Crippen LogP contribution in [0.25, 0.3) is 33.6 Å². The normalized spacial score (nSPS) is 18.0. The molecule has 0 amide bonds. The smallest absolute Gasteiger partial charge is 0.123 e. The van der Waals surface area contributed by atoms with Crippen LogP contribution in [0.3, 0.4) is 0 Å². The number of aromatic nitrogens is 4. The molecule has 2 aliphatic rings. The van der Waals surface area contributed by atoms with E-state index in [1.807, 2.05) is 67.8 Å². The van der Waals surface area contributed by atoms with Crippen LogP contribution in [0, 0.1) is 0 Å². The highest BCUT2D eigenvalue weighted by molar-refractivity contribution is 5.71. The average Bonchev–Trinajstić information content (AvgIpc) is 3.89. The van der Waals surface area contributed by atoms with E-state index in [0.29, 0.717) is 12.1 Å². The van der Waals surface area contributed by atoms with Crippen LogP contribution in [-0.4, -0.2) is 56.9 Å². The summed E-state index contributed by atoms with van der Waals surface area (Å²) in [7, 11) is 4.36. The van der Waals surface area contributed by atoms with Gasteiger partial charge in [-0.05, 0) is 75.1 Å². The molecule has 6 heteroatoms. The molecule has 2 aromatic heterocycles. The molecule has 4 aromatic rings. The van der Waals surface area contributed by atoms with Crippen LogP contribution in [0.5, 0.6) is 0 Å². The lowest BCUT2D eigenvalue weighted by Gasteiger charge is -2.16. The Morgan fingerprint density at radius 3 is 1.12 bits per heavy atom. The minimum absolute atomic E-state index is 0.413. The second-order valence-electron chi connectivity index (χ2n) is 9.80. The molecule has 2 N–H and O–H groups in total. The summed E-state index contributed by atoms with van der Waals surface area (Å²) >= 11 is 0. The summed E-state index contributed by atoms with van der Waals surface area (Å²) in [5, 5.41) is 0. The highest BCUT2D eigenvalue weighted by Crippen LogP contribution is 2.32. The first kappa shape index (κ1) is 35.0. The number of nitrogens with one attached hydrogen (secondary N) is 2. The Kier molecular flexibility index (Phi) is 15.3. The molecule has 0 aliphatic carbocycles. The summed E-state index contributed by atoms with van der Waals surface area (Å²) in [4.78, 5) is 21.2. The SMILES string of the molecule is CC.CC.CC.CC.CN1CCCC1c1ncc(-c2ccc(-c3ccc(-c4cnc(C5CCCN5C)[nH]4)cc3)cc2)[nH]1. The van der Waals surface area contributed by atoms with Gasteiger partial charge in [0.05, 0.1) is 35.9 Å². The minimum atomic E-state index is 0.413. The number of likely N-dealkylation sites (tertiary alicyclic amines) is 2. The summed E-state index contributed by atoms with van der Waals surface area (Å²) in [5.41, 5.74) is 6.93. The van der Waals surface area contributed by atoms with E-state index in [-0.39, 0.29) is 0 Å². The van der Waals surface area contributed by atoms with Crippen molar-refractivity contribution in [1.82, 2.24) is 29.7 Å². The van der Waals surface area contributed by atoms with Gasteiger partial charge in [-0.25, -0.2) is 9.97 Å². The average molecular weight is 573 g/mol. The van der Waals surface area contributed by atoms with Gasteiger partial charge >= 0.3 is 0 Å². The molecule has 6 rings (SSSR count). The summed E-state index contributed by atoms with van der Waals surface area (Å²) in [5.74, 6) is 2.16. The predicted molar refractivity (Wildman–Crippen MR) is 182 cm³/mol. The van der Waals surface area contributed by atoms with Gasteiger partial charge in [0, 0.05) is 0 Å². The Balaban J connectivity index is 0.000000713. The van der Waals surface area contributed by atoms with E-state index >= 15 is 0 Å². The van der Waals surface area contributed by atoms with Crippen LogP contribution in [0.1, 0.15) is 105 Å². The molecule has 230 valence electrons. The monoisotopic (exact) mass is 572 g/mol. The number of aromatic amines is 2. The van der Waals surface area contributed by atoms with Gasteiger partial charge in [-0.2, -0.15) is 0 Å². The zero-order valence-corrected chi connectivity index (χ0v) is 28.0. The molecule has 2 aliphatic heterocycles. The van der Waals surface area contributed by atoms with Gasteiger partial charge in [0.25, 0.3) is 0 Å². The van der Waals surface area contributed by atoms with Crippen LogP contribution in [0.15, 0.2) is 60.9 Å². The molecule has 6 nitrogen and oxygen atoms in total. The Hall–Kier alpha value is -3.22. The molecule has 2 fully saturated rings. The molecule has 2 aromatic carbocycles. The topological polar surface area (TPSA) is 63.8 Å². The number of imidazole rings is 2. The van der Waals surface area contributed by atoms with Gasteiger partial charge < -0.3 is 9.97 Å². The summed E-state index contributed by atoms with van der Waals surface area (Å²) in [6.45, 7) is 18.3. The largest absolute Gasteiger partial charge is 0.341 e. The third-order valence-corrected chi connectivity index (χ3v) is 7.59. The highest BCUT2D eigenvalue weighted by atomic mass is 15.2. The Bertz CT molecular complexity index is 1160. The molecule has 42 heavy (non-hydrogen) atoms. The highest BCUT2D eigenvalue weighted by Gasteiger charge is 2.26. The third kappa shape index (κ3) is 8.42. The van der Waals surface area contributed by atoms with Crippen LogP contribution < -0.4 is 0 Å². The maximum atomic E-state index is 4.67. The molecule has 2 unspecified atom stereocenters. The summed E-state index contributed by atoms with van der Waals surface area (Å²) in [6, 6.07) is 18.3. The fourth-order valence-electron chi connectivity index (χ4n) is 5.50. The minimum Gasteiger partial charge on any atom is -0.341 e. The van der Waals surface area contributed by atoms with Gasteiger partial charge in [-0.3, -0.25) is 9.80 Å². The number of nitrogens with zero attached hydrogens (tertiary/aromatic N) is 4. The quantitative estimate of drug-likeness (QED) is 0.250. The molecule has 2 atom stereocenters. The molecular weight excluding hydrogens is 516 g/mol. The Labute approximate surface area is 256 Å². The van der Waals surface area contributed by atoms with E-state index in [9.17, 15) is 0 Å². The first-order valence-electron chi connectivity index (χ1n) is 16.4. The number of rotatable bonds is 5. The maximum Gasteiger partial charge on any atom is 0.123 e. The molecule has 4 heterocycles. The molecule has 0 spiro atoms. The molecule has 0 radical (unpaired) electrons. The lowest BCUT2D eigenvalue weighted by molar-refractivity contribution is 0.307. The predicted octanol–water partition coefficient (Wildman–Crippen LogP) is 9.77. The van der Waals surface area contributed by atoms with Crippen molar-refractivity contribution in [2.75, 3.05) is 27.2 Å². The second kappa shape index (κ2) is 18.3. The first-order valence-corrected chi connectivity index (χ1v) is 16.4. The van der Waals surface area contributed by atoms with Crippen LogP contribution >= 0.6 is 0 Å². The van der Waals surface area contributed by atoms with Crippen molar-refractivity contribution in [2.24, 2.45) is 0 Å². The third-order valence-electron chi connectivity index (χ3n) is 7.59. The zero-order valence-electron chi connectivity index (χ0n) is 28.0. The van der Waals surface area contributed by atoms with Crippen molar-refractivity contribution >= 4 is 0 Å². The number of H-pyrrole nitrogens is 2. The zero-order chi connectivity index (χ0) is 31.1. The molecule has 2 saturated heterocycles. The van der Waals surface area contributed by atoms with Crippen molar-refractivity contribution < 1.29 is 0 Å². The van der Waals surface area contributed by atoms with Crippen LogP contribution in [-0.2, 0) is 0 Å². The van der Waals surface area contributed by atoms with Gasteiger partial charge in [0.2, 0.25) is 0 Å². The molecular formula is C36H56N6. The van der Waals surface area contributed by atoms with E-state index < -0.39 is 0 Å². The molecule has 0 bridgehead atoms. The van der Waals surface area contributed by atoms with Crippen molar-refractivity contribution in [3.63, 3.8) is 0 Å². The van der Waals surface area contributed by atoms with Gasteiger partial charge in [-0.1, -0.05) is 104 Å². The summed E-state index contributed by atoms with van der Waals surface area (Å²) < 4.78 is 0. The number of hydrogen-bond acceptors (Lipinski definition) is 4. The van der Waals surface area contributed by atoms with E-state index in [1.54, 1.807) is 0 Å². The van der Waals surface area contributed by atoms with Gasteiger partial charge in [0.15, 0.2) is 0 Å². The van der Waals surface area contributed by atoms with E-state index in [2.05, 4.69) is 92.4 Å². The van der Waals surface area contributed by atoms with Crippen LogP contribution in [0.2, 0.25) is 0 Å². The fourth-order valence-corrected chi connectivity index (χ4v) is 5.50. The Morgan fingerprint density at radius 2 is 0.833 bits per heavy atom. The lowest BCUT2D eigenvalue weighted by Crippen LogP contribution is -2.18. The van der Waals surface area contributed by atoms with Crippen molar-refractivity contribution in [3.05, 3.63) is 72.6 Å². The lowest BCUT2D eigenvalue weighted by atomic mass is 10.0. The van der Waals surface area contributed by atoms with Crippen LogP contribution in [0.4, 0.5) is 0 Å². The van der Waals surface area contributed by atoms with Crippen molar-refractivity contribution in [3.8, 4) is 33.6 Å². The number of benzene rings is 2. The second-order valence-corrected chi connectivity index (χ2v) is 9.80. The van der Waals surface area contributed by atoms with E-state index in [0.717, 1.165) is 36.1 Å². The summed E-state index contributed by atoms with van der Waals surface area (Å²) in [6.07, 6.45) is 8.76. The van der Waals surface area contributed by atoms with Crippen molar-refractivity contribution in [2.45, 2.75) is 93.2 Å². The molecule has 0 saturated carbocycles. The van der Waals surface area contributed by atoms with Gasteiger partial charge in [-0.15, -0.1) is 0 Å². The van der Waals surface area contributed by atoms with E-state index in [4.69, 9.17) is 0 Å².